The predicted molar refractivity (Wildman–Crippen MR) is 77.4 cm³/mol. The molecule has 0 fully saturated rings. The van der Waals surface area contributed by atoms with Crippen molar-refractivity contribution < 1.29 is 17.9 Å². The number of nitrogens with one attached hydrogen (secondary N) is 1. The molecule has 21 heavy (non-hydrogen) atoms. The second kappa shape index (κ2) is 6.21. The predicted octanol–water partition coefficient (Wildman–Crippen LogP) is 1.42. The summed E-state index contributed by atoms with van der Waals surface area (Å²) in [6, 6.07) is 11.4. The molecule has 2 aromatic carbocycles. The third kappa shape index (κ3) is 3.78. The van der Waals surface area contributed by atoms with Crippen LogP contribution < -0.4 is 10.5 Å². The average molecular weight is 310 g/mol. The van der Waals surface area contributed by atoms with Gasteiger partial charge in [0.1, 0.15) is 10.7 Å². The van der Waals surface area contributed by atoms with Gasteiger partial charge in [0, 0.05) is 12.2 Å². The van der Waals surface area contributed by atoms with Gasteiger partial charge < -0.3 is 10.8 Å². The highest BCUT2D eigenvalue weighted by Gasteiger charge is 2.19. The monoisotopic (exact) mass is 310 g/mol. The van der Waals surface area contributed by atoms with E-state index in [-0.39, 0.29) is 6.54 Å². The van der Waals surface area contributed by atoms with Crippen LogP contribution in [0.5, 0.6) is 0 Å². The molecule has 0 aromatic heterocycles. The number of aliphatic hydroxyl groups excluding tert-OH is 1. The quantitative estimate of drug-likeness (QED) is 0.728. The van der Waals surface area contributed by atoms with Crippen molar-refractivity contribution >= 4 is 15.7 Å². The van der Waals surface area contributed by atoms with E-state index in [9.17, 15) is 17.9 Å². The first-order chi connectivity index (χ1) is 9.90. The van der Waals surface area contributed by atoms with Gasteiger partial charge in [-0.2, -0.15) is 0 Å². The summed E-state index contributed by atoms with van der Waals surface area (Å²) in [4.78, 5) is -0.450. The van der Waals surface area contributed by atoms with E-state index in [0.717, 1.165) is 12.1 Å². The van der Waals surface area contributed by atoms with Crippen molar-refractivity contribution in [3.8, 4) is 0 Å². The standard InChI is InChI=1S/C14H15FN2O3S/c15-12-3-1-2-4-14(12)21(19,20)17-9-13(18)10-5-7-11(16)8-6-10/h1-8,13,17-18H,9,16H2. The molecule has 2 rings (SSSR count). The van der Waals surface area contributed by atoms with E-state index >= 15 is 0 Å². The summed E-state index contributed by atoms with van der Waals surface area (Å²) in [5.41, 5.74) is 6.58. The van der Waals surface area contributed by atoms with Crippen LogP contribution >= 0.6 is 0 Å². The van der Waals surface area contributed by atoms with Crippen LogP contribution in [0.2, 0.25) is 0 Å². The van der Waals surface area contributed by atoms with E-state index in [2.05, 4.69) is 4.72 Å². The first-order valence-electron chi connectivity index (χ1n) is 6.18. The van der Waals surface area contributed by atoms with E-state index in [1.807, 2.05) is 0 Å². The van der Waals surface area contributed by atoms with Crippen molar-refractivity contribution in [2.24, 2.45) is 0 Å². The highest BCUT2D eigenvalue weighted by Crippen LogP contribution is 2.16. The highest BCUT2D eigenvalue weighted by atomic mass is 32.2. The number of anilines is 1. The summed E-state index contributed by atoms with van der Waals surface area (Å²) in [5.74, 6) is -0.841. The Morgan fingerprint density at radius 3 is 2.38 bits per heavy atom. The lowest BCUT2D eigenvalue weighted by atomic mass is 10.1. The van der Waals surface area contributed by atoms with Gasteiger partial charge in [-0.3, -0.25) is 0 Å². The molecule has 1 atom stereocenters. The lowest BCUT2D eigenvalue weighted by molar-refractivity contribution is 0.182. The molecule has 7 heteroatoms. The zero-order valence-corrected chi connectivity index (χ0v) is 11.8. The molecule has 2 aromatic rings. The molecule has 0 amide bonds. The van der Waals surface area contributed by atoms with Crippen LogP contribution in [-0.2, 0) is 10.0 Å². The fourth-order valence-corrected chi connectivity index (χ4v) is 2.88. The minimum absolute atomic E-state index is 0.263. The molecular weight excluding hydrogens is 295 g/mol. The molecule has 4 N–H and O–H groups in total. The van der Waals surface area contributed by atoms with Gasteiger partial charge >= 0.3 is 0 Å². The SMILES string of the molecule is Nc1ccc(C(O)CNS(=O)(=O)c2ccccc2F)cc1. The van der Waals surface area contributed by atoms with Crippen LogP contribution in [-0.4, -0.2) is 20.1 Å². The minimum Gasteiger partial charge on any atom is -0.399 e. The summed E-state index contributed by atoms with van der Waals surface area (Å²) in [7, 11) is -4.01. The lowest BCUT2D eigenvalue weighted by Gasteiger charge is -2.13. The van der Waals surface area contributed by atoms with Gasteiger partial charge in [-0.15, -0.1) is 0 Å². The van der Waals surface area contributed by atoms with Crippen molar-refractivity contribution in [2.45, 2.75) is 11.0 Å². The molecule has 0 aliphatic rings. The van der Waals surface area contributed by atoms with E-state index in [0.29, 0.717) is 11.3 Å². The zero-order chi connectivity index (χ0) is 15.5. The van der Waals surface area contributed by atoms with Gasteiger partial charge in [-0.25, -0.2) is 17.5 Å². The van der Waals surface area contributed by atoms with Gasteiger partial charge in [0.05, 0.1) is 6.10 Å². The Morgan fingerprint density at radius 1 is 1.14 bits per heavy atom. The molecule has 1 unspecified atom stereocenters. The van der Waals surface area contributed by atoms with Crippen LogP contribution in [0.1, 0.15) is 11.7 Å². The molecule has 0 heterocycles. The first-order valence-corrected chi connectivity index (χ1v) is 7.66. The van der Waals surface area contributed by atoms with E-state index in [1.165, 1.54) is 12.1 Å². The number of rotatable bonds is 5. The number of nitrogens with two attached hydrogens (primary N) is 1. The molecule has 112 valence electrons. The number of nitrogen functional groups attached to an aromatic ring is 1. The number of sulfonamides is 1. The summed E-state index contributed by atoms with van der Waals surface area (Å²) in [6.07, 6.45) is -1.05. The smallest absolute Gasteiger partial charge is 0.243 e. The Hall–Kier alpha value is -1.96. The van der Waals surface area contributed by atoms with Crippen molar-refractivity contribution in [2.75, 3.05) is 12.3 Å². The topological polar surface area (TPSA) is 92.4 Å². The first kappa shape index (κ1) is 15.4. The Labute approximate surface area is 122 Å². The molecule has 0 radical (unpaired) electrons. The molecule has 0 saturated heterocycles. The van der Waals surface area contributed by atoms with E-state index in [1.54, 1.807) is 24.3 Å². The van der Waals surface area contributed by atoms with Gasteiger partial charge in [0.2, 0.25) is 10.0 Å². The van der Waals surface area contributed by atoms with Crippen molar-refractivity contribution in [1.29, 1.82) is 0 Å². The van der Waals surface area contributed by atoms with Crippen LogP contribution in [0, 0.1) is 5.82 Å². The Balaban J connectivity index is 2.08. The maximum absolute atomic E-state index is 13.5. The highest BCUT2D eigenvalue weighted by molar-refractivity contribution is 7.89. The largest absolute Gasteiger partial charge is 0.399 e. The number of hydrogen-bond donors (Lipinski definition) is 3. The molecule has 5 nitrogen and oxygen atoms in total. The maximum Gasteiger partial charge on any atom is 0.243 e. The van der Waals surface area contributed by atoms with Gasteiger partial charge in [-0.05, 0) is 29.8 Å². The Morgan fingerprint density at radius 2 is 1.76 bits per heavy atom. The van der Waals surface area contributed by atoms with Gasteiger partial charge in [0.15, 0.2) is 0 Å². The fraction of sp³-hybridized carbons (Fsp3) is 0.143. The Kier molecular flexibility index (Phi) is 4.56. The average Bonchev–Trinajstić information content (AvgIpc) is 2.46. The summed E-state index contributed by atoms with van der Waals surface area (Å²) >= 11 is 0. The number of hydrogen-bond acceptors (Lipinski definition) is 4. The minimum atomic E-state index is -4.01. The Bertz CT molecular complexity index is 717. The van der Waals surface area contributed by atoms with Crippen molar-refractivity contribution in [3.05, 3.63) is 59.9 Å². The third-order valence-corrected chi connectivity index (χ3v) is 4.37. The van der Waals surface area contributed by atoms with Gasteiger partial charge in [-0.1, -0.05) is 24.3 Å². The fourth-order valence-electron chi connectivity index (χ4n) is 1.77. The van der Waals surface area contributed by atoms with Crippen molar-refractivity contribution in [1.82, 2.24) is 4.72 Å². The molecular formula is C14H15FN2O3S. The molecule has 0 saturated carbocycles. The second-order valence-electron chi connectivity index (χ2n) is 4.46. The van der Waals surface area contributed by atoms with Crippen LogP contribution in [0.25, 0.3) is 0 Å². The maximum atomic E-state index is 13.5. The number of benzene rings is 2. The molecule has 0 spiro atoms. The van der Waals surface area contributed by atoms with Gasteiger partial charge in [0.25, 0.3) is 0 Å². The number of halogens is 1. The normalized spacial score (nSPS) is 13.0. The number of aliphatic hydroxyl groups is 1. The third-order valence-electron chi connectivity index (χ3n) is 2.91. The molecule has 0 aliphatic heterocycles. The van der Waals surface area contributed by atoms with E-state index in [4.69, 9.17) is 5.73 Å². The zero-order valence-electron chi connectivity index (χ0n) is 11.0. The lowest BCUT2D eigenvalue weighted by Crippen LogP contribution is -2.29. The van der Waals surface area contributed by atoms with Crippen LogP contribution in [0.3, 0.4) is 0 Å². The van der Waals surface area contributed by atoms with E-state index < -0.39 is 26.8 Å². The summed E-state index contributed by atoms with van der Waals surface area (Å²) < 4.78 is 39.6. The summed E-state index contributed by atoms with van der Waals surface area (Å²) in [5, 5.41) is 9.93. The van der Waals surface area contributed by atoms with Crippen LogP contribution in [0.15, 0.2) is 53.4 Å². The molecule has 0 bridgehead atoms. The summed E-state index contributed by atoms with van der Waals surface area (Å²) in [6.45, 7) is -0.263. The van der Waals surface area contributed by atoms with Crippen molar-refractivity contribution in [3.63, 3.8) is 0 Å². The molecule has 0 aliphatic carbocycles. The van der Waals surface area contributed by atoms with Crippen LogP contribution in [0.4, 0.5) is 10.1 Å². The second-order valence-corrected chi connectivity index (χ2v) is 6.20.